The summed E-state index contributed by atoms with van der Waals surface area (Å²) in [5.41, 5.74) is 3.08. The number of aliphatic hydroxyl groups excluding tert-OH is 4. The number of carbonyl (C=O) groups excluding carboxylic acids is 5. The molecular formula is C64H80N6O18. The molecule has 5 amide bonds. The van der Waals surface area contributed by atoms with Gasteiger partial charge in [-0.2, -0.15) is 0 Å². The van der Waals surface area contributed by atoms with Gasteiger partial charge in [0, 0.05) is 13.0 Å². The van der Waals surface area contributed by atoms with Crippen LogP contribution in [0.4, 0.5) is 19.2 Å². The van der Waals surface area contributed by atoms with Crippen LogP contribution in [-0.2, 0) is 73.9 Å². The minimum absolute atomic E-state index is 0.0142. The fraction of sp³-hybridized carbons (Fsp3) is 0.469. The maximum Gasteiger partial charge on any atom is 0.412 e. The summed E-state index contributed by atoms with van der Waals surface area (Å²) < 4.78 is 54.0. The van der Waals surface area contributed by atoms with E-state index in [0.29, 0.717) is 6.42 Å². The first-order chi connectivity index (χ1) is 42.6. The van der Waals surface area contributed by atoms with E-state index in [0.717, 1.165) is 22.3 Å². The van der Waals surface area contributed by atoms with Crippen LogP contribution in [0.2, 0.25) is 0 Å². The number of alkyl carbamates (subject to hydrolysis) is 4. The predicted octanol–water partition coefficient (Wildman–Crippen LogP) is 5.35. The van der Waals surface area contributed by atoms with E-state index in [1.165, 1.54) is 6.92 Å². The summed E-state index contributed by atoms with van der Waals surface area (Å²) in [5.74, 6) is -1.67. The number of amidine groups is 1. The molecule has 0 aromatic heterocycles. The number of amides is 5. The third-order valence-corrected chi connectivity index (χ3v) is 15.4. The van der Waals surface area contributed by atoms with Crippen LogP contribution >= 0.6 is 0 Å². The molecule has 8 rings (SSSR count). The van der Waals surface area contributed by atoms with E-state index in [1.54, 1.807) is 36.4 Å². The van der Waals surface area contributed by atoms with Crippen LogP contribution in [-0.4, -0.2) is 162 Å². The highest BCUT2D eigenvalue weighted by Crippen LogP contribution is 2.40. The maximum atomic E-state index is 13.8. The number of ether oxygens (including phenoxy) is 9. The Bertz CT molecular complexity index is 2930. The average molecular weight is 1220 g/mol. The van der Waals surface area contributed by atoms with Crippen molar-refractivity contribution in [2.75, 3.05) is 19.7 Å². The molecule has 16 atom stereocenters. The molecular weight excluding hydrogens is 1140 g/mol. The van der Waals surface area contributed by atoms with Crippen molar-refractivity contribution in [3.8, 4) is 0 Å². The van der Waals surface area contributed by atoms with Crippen LogP contribution < -0.4 is 26.6 Å². The molecule has 2 fully saturated rings. The van der Waals surface area contributed by atoms with E-state index >= 15 is 0 Å². The normalized spacial score (nSPS) is 27.9. The Morgan fingerprint density at radius 2 is 1.11 bits per heavy atom. The topological polar surface area (TPSA) is 322 Å². The molecule has 474 valence electrons. The summed E-state index contributed by atoms with van der Waals surface area (Å²) in [6, 6.07) is 33.6. The van der Waals surface area contributed by atoms with Gasteiger partial charge in [0.25, 0.3) is 0 Å². The SMILES string of the molecule is CCC1C=CC(NC(=O)OCc2ccccc2)C(CC2C(C)CC(NC(=O)C(O)CCN=C(C)NC(=O)OCc3ccccc3)C(O)C2OC2OC(CO)C(OC3OC(CNC(=O)OCc4ccccc4)C=CC3NC(=O)OCc3ccccc3)C2O)O1. The number of rotatable bonds is 25. The van der Waals surface area contributed by atoms with Crippen LogP contribution in [0.3, 0.4) is 0 Å². The number of hydrogen-bond donors (Lipinski definition) is 9. The van der Waals surface area contributed by atoms with Crippen molar-refractivity contribution >= 4 is 36.1 Å². The summed E-state index contributed by atoms with van der Waals surface area (Å²) in [7, 11) is 0. The number of aliphatic hydroxyl groups is 4. The van der Waals surface area contributed by atoms with Crippen LogP contribution in [0.25, 0.3) is 0 Å². The third-order valence-electron chi connectivity index (χ3n) is 15.4. The Morgan fingerprint density at radius 3 is 1.67 bits per heavy atom. The quantitative estimate of drug-likeness (QED) is 0.0175. The monoisotopic (exact) mass is 1220 g/mol. The number of hydrogen-bond acceptors (Lipinski definition) is 19. The standard InChI is InChI=1S/C64H80N6O18/c1-4-45-25-27-48(69-63(78)82-37-43-21-13-7-14-22-43)52(84-45)32-47-39(2)31-50(68-58(75)51(72)29-30-65-40(3)67-62(77)81-36-42-19-11-6-12-20-42)54(73)56(47)87-60-55(74)57(53(34-71)86-60)88-59-49(70-64(79)83-38-44-23-15-8-16-24-44)28-26-46(85-59)33-66-61(76)80-35-41-17-9-5-10-18-41/h5-28,39,45-57,59-60,71-74H,4,29-38H2,1-3H3,(H,66,76)(H,68,75)(H,69,78)(H,70,79)(H,65,67,77). The van der Waals surface area contributed by atoms with E-state index in [2.05, 4.69) is 31.6 Å². The molecule has 3 heterocycles. The van der Waals surface area contributed by atoms with Crippen LogP contribution in [0.5, 0.6) is 0 Å². The Hall–Kier alpha value is -7.78. The molecule has 9 N–H and O–H groups in total. The van der Waals surface area contributed by atoms with Crippen molar-refractivity contribution in [2.24, 2.45) is 16.8 Å². The first-order valence-electron chi connectivity index (χ1n) is 29.6. The van der Waals surface area contributed by atoms with E-state index in [-0.39, 0.29) is 70.7 Å². The van der Waals surface area contributed by atoms with Gasteiger partial charge in [-0.25, -0.2) is 19.2 Å². The minimum Gasteiger partial charge on any atom is -0.445 e. The molecule has 24 heteroatoms. The second kappa shape index (κ2) is 33.5. The molecule has 4 aliphatic rings. The maximum absolute atomic E-state index is 13.8. The molecule has 1 saturated heterocycles. The second-order valence-corrected chi connectivity index (χ2v) is 21.9. The molecule has 0 spiro atoms. The highest BCUT2D eigenvalue weighted by Gasteiger charge is 2.53. The molecule has 3 aliphatic heterocycles. The van der Waals surface area contributed by atoms with Crippen molar-refractivity contribution in [1.82, 2.24) is 26.6 Å². The lowest BCUT2D eigenvalue weighted by Crippen LogP contribution is -2.60. The van der Waals surface area contributed by atoms with Gasteiger partial charge in [-0.1, -0.05) is 159 Å². The zero-order valence-electron chi connectivity index (χ0n) is 49.3. The number of nitrogens with zero attached hydrogens (tertiary/aromatic N) is 1. The largest absolute Gasteiger partial charge is 0.445 e. The van der Waals surface area contributed by atoms with Gasteiger partial charge in [0.05, 0.1) is 49.7 Å². The zero-order chi connectivity index (χ0) is 62.4. The van der Waals surface area contributed by atoms with Gasteiger partial charge in [-0.05, 0) is 60.3 Å². The van der Waals surface area contributed by atoms with Crippen molar-refractivity contribution < 1.29 is 87.0 Å². The van der Waals surface area contributed by atoms with Gasteiger partial charge in [0.2, 0.25) is 5.91 Å². The van der Waals surface area contributed by atoms with E-state index in [1.807, 2.05) is 123 Å². The Labute approximate surface area is 510 Å². The number of aliphatic imine (C=N–C) groups is 1. The summed E-state index contributed by atoms with van der Waals surface area (Å²) in [6.07, 6.45) is -9.15. The van der Waals surface area contributed by atoms with Gasteiger partial charge in [0.15, 0.2) is 12.6 Å². The second-order valence-electron chi connectivity index (χ2n) is 21.9. The highest BCUT2D eigenvalue weighted by molar-refractivity contribution is 5.93. The first kappa shape index (κ1) is 66.2. The van der Waals surface area contributed by atoms with Crippen molar-refractivity contribution in [3.05, 3.63) is 168 Å². The molecule has 1 aliphatic carbocycles. The Morgan fingerprint density at radius 1 is 0.602 bits per heavy atom. The van der Waals surface area contributed by atoms with Crippen LogP contribution in [0, 0.1) is 11.8 Å². The third kappa shape index (κ3) is 19.9. The first-order valence-corrected chi connectivity index (χ1v) is 29.6. The number of benzene rings is 4. The van der Waals surface area contributed by atoms with Crippen molar-refractivity contribution in [3.63, 3.8) is 0 Å². The van der Waals surface area contributed by atoms with Gasteiger partial charge in [0.1, 0.15) is 68.8 Å². The predicted molar refractivity (Wildman–Crippen MR) is 317 cm³/mol. The summed E-state index contributed by atoms with van der Waals surface area (Å²) in [4.78, 5) is 69.9. The lowest BCUT2D eigenvalue weighted by atomic mass is 9.71. The Balaban J connectivity index is 0.971. The number of nitrogens with one attached hydrogen (secondary N) is 5. The molecule has 24 nitrogen and oxygen atoms in total. The summed E-state index contributed by atoms with van der Waals surface area (Å²) in [5, 5.41) is 60.3. The van der Waals surface area contributed by atoms with Crippen LogP contribution in [0.15, 0.2) is 151 Å². The molecule has 1 saturated carbocycles. The van der Waals surface area contributed by atoms with E-state index in [9.17, 15) is 44.4 Å². The summed E-state index contributed by atoms with van der Waals surface area (Å²) >= 11 is 0. The molecule has 4 aromatic rings. The van der Waals surface area contributed by atoms with Crippen molar-refractivity contribution in [1.29, 1.82) is 0 Å². The zero-order valence-corrected chi connectivity index (χ0v) is 49.3. The molecule has 0 bridgehead atoms. The highest BCUT2D eigenvalue weighted by atomic mass is 16.7. The lowest BCUT2D eigenvalue weighted by Gasteiger charge is -2.47. The molecule has 88 heavy (non-hydrogen) atoms. The van der Waals surface area contributed by atoms with Crippen LogP contribution in [0.1, 0.15) is 68.7 Å². The van der Waals surface area contributed by atoms with Gasteiger partial charge < -0.3 is 84.3 Å². The van der Waals surface area contributed by atoms with E-state index < -0.39 is 128 Å². The van der Waals surface area contributed by atoms with Gasteiger partial charge in [-0.15, -0.1) is 0 Å². The lowest BCUT2D eigenvalue weighted by molar-refractivity contribution is -0.242. The molecule has 16 unspecified atom stereocenters. The molecule has 0 radical (unpaired) electrons. The van der Waals surface area contributed by atoms with E-state index in [4.69, 9.17) is 42.6 Å². The fourth-order valence-corrected chi connectivity index (χ4v) is 10.7. The summed E-state index contributed by atoms with van der Waals surface area (Å²) in [6.45, 7) is 4.50. The van der Waals surface area contributed by atoms with Crippen molar-refractivity contribution in [2.45, 2.75) is 159 Å². The number of carbonyl (C=O) groups is 5. The van der Waals surface area contributed by atoms with Gasteiger partial charge >= 0.3 is 24.4 Å². The smallest absolute Gasteiger partial charge is 0.412 e. The Kier molecular flexibility index (Phi) is 25.2. The fourth-order valence-electron chi connectivity index (χ4n) is 10.7. The minimum atomic E-state index is -1.71. The molecule has 4 aromatic carbocycles. The van der Waals surface area contributed by atoms with Gasteiger partial charge in [-0.3, -0.25) is 15.1 Å². The average Bonchev–Trinajstić information content (AvgIpc) is 1.96.